The highest BCUT2D eigenvalue weighted by molar-refractivity contribution is 7.96. The molecule has 0 saturated heterocycles. The zero-order valence-electron chi connectivity index (χ0n) is 16.7. The van der Waals surface area contributed by atoms with Crippen LogP contribution in [0, 0.1) is 34.5 Å². The highest BCUT2D eigenvalue weighted by Crippen LogP contribution is 2.72. The van der Waals surface area contributed by atoms with Gasteiger partial charge in [-0.3, -0.25) is 9.59 Å². The molecule has 4 rings (SSSR count). The van der Waals surface area contributed by atoms with Crippen LogP contribution in [-0.2, 0) is 9.59 Å². The second-order valence-electron chi connectivity index (χ2n) is 9.95. The third-order valence-corrected chi connectivity index (χ3v) is 9.22. The van der Waals surface area contributed by atoms with E-state index in [4.69, 9.17) is 0 Å². The average Bonchev–Trinajstić information content (AvgIpc) is 2.81. The molecule has 2 unspecified atom stereocenters. The normalized spacial score (nSPS) is 55.2. The Morgan fingerprint density at radius 1 is 1.21 bits per heavy atom. The van der Waals surface area contributed by atoms with Crippen molar-refractivity contribution in [2.24, 2.45) is 34.5 Å². The van der Waals surface area contributed by atoms with Gasteiger partial charge in [0.05, 0.1) is 0 Å². The van der Waals surface area contributed by atoms with E-state index < -0.39 is 45.2 Å². The fraction of sp³-hybridized carbons (Fsp3) is 0.727. The van der Waals surface area contributed by atoms with Crippen LogP contribution in [0.3, 0.4) is 0 Å². The highest BCUT2D eigenvalue weighted by atomic mass is 32.1. The lowest BCUT2D eigenvalue weighted by Gasteiger charge is -2.63. The first-order valence-electron chi connectivity index (χ1n) is 10.1. The molecule has 0 bridgehead atoms. The van der Waals surface area contributed by atoms with Gasteiger partial charge >= 0.3 is 0 Å². The Labute approximate surface area is 170 Å². The molecule has 0 aromatic carbocycles. The number of fused-ring (bicyclic) bond motifs is 5. The maximum Gasteiger partial charge on any atom is 0.218 e. The number of aliphatic hydroxyl groups is 1. The van der Waals surface area contributed by atoms with Gasteiger partial charge in [-0.05, 0) is 61.7 Å². The summed E-state index contributed by atoms with van der Waals surface area (Å²) in [5.74, 6) is -2.21. The van der Waals surface area contributed by atoms with E-state index >= 15 is 8.78 Å². The number of alkyl halides is 2. The van der Waals surface area contributed by atoms with Crippen LogP contribution in [0.15, 0.2) is 23.8 Å². The lowest BCUT2D eigenvalue weighted by atomic mass is 9.43. The number of allylic oxidation sites excluding steroid dienone is 4. The van der Waals surface area contributed by atoms with E-state index in [0.29, 0.717) is 12.8 Å². The predicted octanol–water partition coefficient (Wildman–Crippen LogP) is 4.01. The number of thiol groups is 1. The first-order chi connectivity index (χ1) is 12.8. The Balaban J connectivity index is 1.88. The molecule has 6 heteroatoms. The van der Waals surface area contributed by atoms with Crippen LogP contribution >= 0.6 is 12.6 Å². The van der Waals surface area contributed by atoms with Crippen molar-refractivity contribution in [2.45, 2.75) is 64.4 Å². The second-order valence-corrected chi connectivity index (χ2v) is 10.4. The summed E-state index contributed by atoms with van der Waals surface area (Å²) in [6, 6.07) is 0. The van der Waals surface area contributed by atoms with Crippen LogP contribution in [0.25, 0.3) is 0 Å². The van der Waals surface area contributed by atoms with Crippen LogP contribution in [0.4, 0.5) is 8.78 Å². The van der Waals surface area contributed by atoms with Crippen LogP contribution in [0.1, 0.15) is 47.0 Å². The van der Waals surface area contributed by atoms with Crippen molar-refractivity contribution in [3.8, 4) is 0 Å². The Bertz CT molecular complexity index is 825. The summed E-state index contributed by atoms with van der Waals surface area (Å²) >= 11 is 3.98. The molecule has 0 amide bonds. The minimum absolute atomic E-state index is 0.0345. The Hall–Kier alpha value is -1.01. The molecule has 0 aromatic heterocycles. The summed E-state index contributed by atoms with van der Waals surface area (Å²) < 4.78 is 32.3. The molecule has 3 saturated carbocycles. The van der Waals surface area contributed by atoms with E-state index in [1.54, 1.807) is 20.8 Å². The summed E-state index contributed by atoms with van der Waals surface area (Å²) in [5.41, 5.74) is -5.26. The van der Waals surface area contributed by atoms with Crippen molar-refractivity contribution < 1.29 is 23.5 Å². The molecule has 3 nitrogen and oxygen atoms in total. The van der Waals surface area contributed by atoms with Crippen molar-refractivity contribution in [3.05, 3.63) is 23.8 Å². The maximum atomic E-state index is 17.1. The molecule has 28 heavy (non-hydrogen) atoms. The SMILES string of the molecule is C[C@@H]1CC2C3C[C@H](F)C4=CC(=O)C=C[C@]4(C)[C@@]3(F)[C@@H](C)C[C@]2(C)[C@@]1(O)C(=O)S. The first kappa shape index (κ1) is 20.3. The number of halogens is 2. The fourth-order valence-electron chi connectivity index (χ4n) is 7.51. The summed E-state index contributed by atoms with van der Waals surface area (Å²) in [5, 5.41) is 10.8. The van der Waals surface area contributed by atoms with Crippen molar-refractivity contribution in [1.82, 2.24) is 0 Å². The number of ketones is 1. The van der Waals surface area contributed by atoms with Gasteiger partial charge in [0.1, 0.15) is 17.4 Å². The minimum atomic E-state index is -1.76. The van der Waals surface area contributed by atoms with Crippen molar-refractivity contribution in [1.29, 1.82) is 0 Å². The molecular weight excluding hydrogens is 382 g/mol. The highest BCUT2D eigenvalue weighted by Gasteiger charge is 2.75. The van der Waals surface area contributed by atoms with Gasteiger partial charge in [-0.25, -0.2) is 8.78 Å². The molecule has 0 aromatic rings. The number of carbonyl (C=O) groups excluding carboxylic acids is 2. The largest absolute Gasteiger partial charge is 0.380 e. The van der Waals surface area contributed by atoms with Gasteiger partial charge in [0.2, 0.25) is 5.12 Å². The Kier molecular flexibility index (Phi) is 4.18. The van der Waals surface area contributed by atoms with Crippen LogP contribution < -0.4 is 0 Å². The Morgan fingerprint density at radius 3 is 2.46 bits per heavy atom. The molecular formula is C22H28F2O3S. The minimum Gasteiger partial charge on any atom is -0.380 e. The number of hydrogen-bond donors (Lipinski definition) is 2. The van der Waals surface area contributed by atoms with Gasteiger partial charge in [-0.2, -0.15) is 0 Å². The maximum absolute atomic E-state index is 17.1. The molecule has 0 heterocycles. The van der Waals surface area contributed by atoms with Gasteiger partial charge in [-0.1, -0.05) is 26.8 Å². The smallest absolute Gasteiger partial charge is 0.218 e. The summed E-state index contributed by atoms with van der Waals surface area (Å²) in [6.45, 7) is 7.11. The third kappa shape index (κ3) is 2.04. The molecule has 0 radical (unpaired) electrons. The van der Waals surface area contributed by atoms with E-state index in [1.807, 2.05) is 6.92 Å². The summed E-state index contributed by atoms with van der Waals surface area (Å²) in [7, 11) is 0. The summed E-state index contributed by atoms with van der Waals surface area (Å²) in [4.78, 5) is 24.2. The number of rotatable bonds is 1. The van der Waals surface area contributed by atoms with E-state index in [9.17, 15) is 14.7 Å². The average molecular weight is 411 g/mol. The topological polar surface area (TPSA) is 54.4 Å². The molecule has 4 aliphatic carbocycles. The zero-order valence-corrected chi connectivity index (χ0v) is 17.6. The Morgan fingerprint density at radius 2 is 1.86 bits per heavy atom. The van der Waals surface area contributed by atoms with Gasteiger partial charge in [0.25, 0.3) is 0 Å². The van der Waals surface area contributed by atoms with E-state index in [-0.39, 0.29) is 29.6 Å². The molecule has 3 fully saturated rings. The lowest BCUT2D eigenvalue weighted by molar-refractivity contribution is -0.198. The van der Waals surface area contributed by atoms with Gasteiger partial charge in [-0.15, -0.1) is 12.6 Å². The van der Waals surface area contributed by atoms with E-state index in [2.05, 4.69) is 12.6 Å². The molecule has 0 spiro atoms. The van der Waals surface area contributed by atoms with Crippen LogP contribution in [0.5, 0.6) is 0 Å². The molecule has 4 aliphatic rings. The number of carbonyl (C=O) groups is 2. The van der Waals surface area contributed by atoms with Crippen LogP contribution in [0.2, 0.25) is 0 Å². The molecule has 1 N–H and O–H groups in total. The van der Waals surface area contributed by atoms with Crippen LogP contribution in [-0.4, -0.2) is 33.4 Å². The number of hydrogen-bond acceptors (Lipinski definition) is 3. The molecule has 154 valence electrons. The van der Waals surface area contributed by atoms with Gasteiger partial charge in [0, 0.05) is 16.7 Å². The standard InChI is InChI=1S/C22H28F2O3S/c1-11-7-14-15-9-17(23)16-8-13(25)5-6-19(16,3)21(15,24)12(2)10-20(14,4)22(11,27)18(26)28/h5-6,8,11-12,14-15,17,27H,7,9-10H2,1-4H3,(H,26,28)/t11-,12+,14?,15?,17+,19+,20+,21-,22+/m1/s1. The summed E-state index contributed by atoms with van der Waals surface area (Å²) in [6.07, 6.45) is 3.44. The van der Waals surface area contributed by atoms with Crippen molar-refractivity contribution >= 4 is 23.5 Å². The van der Waals surface area contributed by atoms with Crippen molar-refractivity contribution in [2.75, 3.05) is 0 Å². The van der Waals surface area contributed by atoms with E-state index in [1.165, 1.54) is 18.2 Å². The van der Waals surface area contributed by atoms with E-state index in [0.717, 1.165) is 0 Å². The van der Waals surface area contributed by atoms with Gasteiger partial charge in [0.15, 0.2) is 5.78 Å². The molecule has 9 atom stereocenters. The second kappa shape index (κ2) is 5.78. The van der Waals surface area contributed by atoms with Crippen molar-refractivity contribution in [3.63, 3.8) is 0 Å². The predicted molar refractivity (Wildman–Crippen MR) is 105 cm³/mol. The lowest BCUT2D eigenvalue weighted by Crippen LogP contribution is -2.67. The zero-order chi connectivity index (χ0) is 20.9. The monoisotopic (exact) mass is 410 g/mol. The first-order valence-corrected chi connectivity index (χ1v) is 10.5. The van der Waals surface area contributed by atoms with Gasteiger partial charge < -0.3 is 5.11 Å². The third-order valence-electron chi connectivity index (χ3n) is 8.88. The fourth-order valence-corrected chi connectivity index (χ4v) is 7.99. The quantitative estimate of drug-likeness (QED) is 0.642. The molecule has 0 aliphatic heterocycles.